The fraction of sp³-hybridized carbons (Fsp3) is 0.714. The molecule has 1 atom stereocenters. The van der Waals surface area contributed by atoms with Gasteiger partial charge >= 0.3 is 11.9 Å². The van der Waals surface area contributed by atoms with Crippen LogP contribution < -0.4 is 0 Å². The Morgan fingerprint density at radius 2 is 2.20 bits per heavy atom. The first-order valence-corrected chi connectivity index (χ1v) is 2.98. The van der Waals surface area contributed by atoms with Crippen LogP contribution in [-0.2, 0) is 14.3 Å². The van der Waals surface area contributed by atoms with Gasteiger partial charge in [-0.1, -0.05) is 14.4 Å². The molecule has 0 bridgehead atoms. The van der Waals surface area contributed by atoms with Gasteiger partial charge in [0.15, 0.2) is 0 Å². The van der Waals surface area contributed by atoms with Gasteiger partial charge in [-0.2, -0.15) is 0 Å². The standard InChI is InChI=1S/C6H8O3.CH4/c1-2-4-3-5(7)9-6(4)8;/h4H,2-3H2,1H3;1H4. The molecule has 0 aromatic carbocycles. The summed E-state index contributed by atoms with van der Waals surface area (Å²) in [6.45, 7) is 1.87. The minimum atomic E-state index is -0.383. The van der Waals surface area contributed by atoms with Crippen molar-refractivity contribution in [3.8, 4) is 0 Å². The average Bonchev–Trinajstić information content (AvgIpc) is 2.10. The third-order valence-electron chi connectivity index (χ3n) is 1.45. The Kier molecular flexibility index (Phi) is 3.06. The summed E-state index contributed by atoms with van der Waals surface area (Å²) in [5.41, 5.74) is 0. The summed E-state index contributed by atoms with van der Waals surface area (Å²) in [7, 11) is 0. The van der Waals surface area contributed by atoms with Crippen molar-refractivity contribution in [3.05, 3.63) is 0 Å². The Bertz CT molecular complexity index is 151. The predicted octanol–water partition coefficient (Wildman–Crippen LogP) is 1.12. The number of rotatable bonds is 1. The maximum Gasteiger partial charge on any atom is 0.317 e. The van der Waals surface area contributed by atoms with Gasteiger partial charge in [0.2, 0.25) is 0 Å². The SMILES string of the molecule is C.CCC1CC(=O)OC1=O. The maximum atomic E-state index is 10.6. The van der Waals surface area contributed by atoms with E-state index < -0.39 is 0 Å². The second-order valence-corrected chi connectivity index (χ2v) is 2.10. The van der Waals surface area contributed by atoms with Crippen molar-refractivity contribution in [3.63, 3.8) is 0 Å². The summed E-state index contributed by atoms with van der Waals surface area (Å²) in [5, 5.41) is 0. The van der Waals surface area contributed by atoms with Gasteiger partial charge in [-0.15, -0.1) is 0 Å². The molecule has 0 aliphatic carbocycles. The molecule has 1 rings (SSSR count). The van der Waals surface area contributed by atoms with Gasteiger partial charge in [-0.3, -0.25) is 9.59 Å². The number of carbonyl (C=O) groups is 2. The Hall–Kier alpha value is -0.860. The van der Waals surface area contributed by atoms with E-state index in [0.29, 0.717) is 6.42 Å². The van der Waals surface area contributed by atoms with Gasteiger partial charge in [0.1, 0.15) is 0 Å². The van der Waals surface area contributed by atoms with E-state index in [0.717, 1.165) is 0 Å². The molecule has 0 radical (unpaired) electrons. The van der Waals surface area contributed by atoms with Gasteiger partial charge in [0, 0.05) is 0 Å². The predicted molar refractivity (Wildman–Crippen MR) is 36.2 cm³/mol. The minimum Gasteiger partial charge on any atom is -0.393 e. The molecule has 3 heteroatoms. The Morgan fingerprint density at radius 1 is 1.60 bits per heavy atom. The lowest BCUT2D eigenvalue weighted by Gasteiger charge is -1.93. The second kappa shape index (κ2) is 3.34. The molecule has 0 amide bonds. The van der Waals surface area contributed by atoms with E-state index in [-0.39, 0.29) is 31.7 Å². The highest BCUT2D eigenvalue weighted by atomic mass is 16.6. The molecule has 58 valence electrons. The highest BCUT2D eigenvalue weighted by Crippen LogP contribution is 2.18. The monoisotopic (exact) mass is 144 g/mol. The molecule has 1 fully saturated rings. The first kappa shape index (κ1) is 9.14. The van der Waals surface area contributed by atoms with Crippen LogP contribution in [0.4, 0.5) is 0 Å². The van der Waals surface area contributed by atoms with E-state index >= 15 is 0 Å². The van der Waals surface area contributed by atoms with Gasteiger partial charge in [-0.05, 0) is 6.42 Å². The Morgan fingerprint density at radius 3 is 2.40 bits per heavy atom. The van der Waals surface area contributed by atoms with Crippen LogP contribution in [0, 0.1) is 5.92 Å². The highest BCUT2D eigenvalue weighted by Gasteiger charge is 2.31. The average molecular weight is 144 g/mol. The third-order valence-corrected chi connectivity index (χ3v) is 1.45. The summed E-state index contributed by atoms with van der Waals surface area (Å²) >= 11 is 0. The van der Waals surface area contributed by atoms with Crippen LogP contribution >= 0.6 is 0 Å². The van der Waals surface area contributed by atoms with E-state index in [2.05, 4.69) is 4.74 Å². The van der Waals surface area contributed by atoms with Crippen molar-refractivity contribution in [1.29, 1.82) is 0 Å². The smallest absolute Gasteiger partial charge is 0.317 e. The van der Waals surface area contributed by atoms with Crippen LogP contribution in [0.25, 0.3) is 0 Å². The van der Waals surface area contributed by atoms with Gasteiger partial charge in [0.05, 0.1) is 12.3 Å². The number of carbonyl (C=O) groups excluding carboxylic acids is 2. The molecular formula is C7H12O3. The van der Waals surface area contributed by atoms with E-state index in [1.165, 1.54) is 0 Å². The number of cyclic esters (lactones) is 2. The zero-order chi connectivity index (χ0) is 6.85. The first-order valence-electron chi connectivity index (χ1n) is 2.98. The van der Waals surface area contributed by atoms with Crippen LogP contribution in [0.2, 0.25) is 0 Å². The molecule has 0 aromatic heterocycles. The molecule has 1 aliphatic rings. The number of esters is 2. The van der Waals surface area contributed by atoms with E-state index in [1.807, 2.05) is 6.92 Å². The minimum absolute atomic E-state index is 0. The summed E-state index contributed by atoms with van der Waals surface area (Å²) in [6, 6.07) is 0. The van der Waals surface area contributed by atoms with E-state index in [9.17, 15) is 9.59 Å². The molecule has 0 saturated carbocycles. The van der Waals surface area contributed by atoms with Crippen molar-refractivity contribution in [2.45, 2.75) is 27.2 Å². The Labute approximate surface area is 60.4 Å². The van der Waals surface area contributed by atoms with Crippen LogP contribution in [0.15, 0.2) is 0 Å². The zero-order valence-electron chi connectivity index (χ0n) is 5.22. The Balaban J connectivity index is 0.000000810. The normalized spacial score (nSPS) is 23.9. The molecule has 1 saturated heterocycles. The molecule has 0 spiro atoms. The summed E-state index contributed by atoms with van der Waals surface area (Å²) < 4.78 is 4.29. The summed E-state index contributed by atoms with van der Waals surface area (Å²) in [6.07, 6.45) is 0.972. The molecular weight excluding hydrogens is 132 g/mol. The molecule has 1 heterocycles. The number of ether oxygens (including phenoxy) is 1. The fourth-order valence-electron chi connectivity index (χ4n) is 0.833. The number of hydrogen-bond acceptors (Lipinski definition) is 3. The zero-order valence-corrected chi connectivity index (χ0v) is 5.22. The fourth-order valence-corrected chi connectivity index (χ4v) is 0.833. The second-order valence-electron chi connectivity index (χ2n) is 2.10. The first-order chi connectivity index (χ1) is 4.24. The lowest BCUT2D eigenvalue weighted by molar-refractivity contribution is -0.153. The largest absolute Gasteiger partial charge is 0.393 e. The summed E-state index contributed by atoms with van der Waals surface area (Å²) in [5.74, 6) is -0.910. The topological polar surface area (TPSA) is 43.4 Å². The van der Waals surface area contributed by atoms with Crippen LogP contribution in [0.5, 0.6) is 0 Å². The van der Waals surface area contributed by atoms with Crippen molar-refractivity contribution in [1.82, 2.24) is 0 Å². The van der Waals surface area contributed by atoms with Crippen molar-refractivity contribution >= 4 is 11.9 Å². The molecule has 0 N–H and O–H groups in total. The van der Waals surface area contributed by atoms with Crippen molar-refractivity contribution < 1.29 is 14.3 Å². The lowest BCUT2D eigenvalue weighted by atomic mass is 10.1. The van der Waals surface area contributed by atoms with Gasteiger partial charge in [0.25, 0.3) is 0 Å². The van der Waals surface area contributed by atoms with E-state index in [1.54, 1.807) is 0 Å². The molecule has 1 aliphatic heterocycles. The third kappa shape index (κ3) is 1.56. The number of hydrogen-bond donors (Lipinski definition) is 0. The summed E-state index contributed by atoms with van der Waals surface area (Å²) in [4.78, 5) is 21.0. The van der Waals surface area contributed by atoms with Crippen molar-refractivity contribution in [2.24, 2.45) is 5.92 Å². The lowest BCUT2D eigenvalue weighted by Crippen LogP contribution is -2.04. The van der Waals surface area contributed by atoms with Gasteiger partial charge in [-0.25, -0.2) is 0 Å². The molecule has 0 aromatic rings. The maximum absolute atomic E-state index is 10.6. The molecule has 3 nitrogen and oxygen atoms in total. The quantitative estimate of drug-likeness (QED) is 0.409. The molecule has 10 heavy (non-hydrogen) atoms. The highest BCUT2D eigenvalue weighted by molar-refractivity contribution is 5.94. The van der Waals surface area contributed by atoms with Crippen molar-refractivity contribution in [2.75, 3.05) is 0 Å². The van der Waals surface area contributed by atoms with E-state index in [4.69, 9.17) is 0 Å². The van der Waals surface area contributed by atoms with Crippen LogP contribution in [-0.4, -0.2) is 11.9 Å². The van der Waals surface area contributed by atoms with Crippen LogP contribution in [0.3, 0.4) is 0 Å². The van der Waals surface area contributed by atoms with Crippen LogP contribution in [0.1, 0.15) is 27.2 Å². The molecule has 1 unspecified atom stereocenters. The van der Waals surface area contributed by atoms with Gasteiger partial charge < -0.3 is 4.74 Å².